The minimum absolute atomic E-state index is 0.125. The lowest BCUT2D eigenvalue weighted by Gasteiger charge is -2.21. The summed E-state index contributed by atoms with van der Waals surface area (Å²) in [5.41, 5.74) is 5.62. The second-order valence-corrected chi connectivity index (χ2v) is 6.06. The Balaban J connectivity index is 2.00. The van der Waals surface area contributed by atoms with Crippen molar-refractivity contribution in [2.45, 2.75) is 25.7 Å². The highest BCUT2D eigenvalue weighted by molar-refractivity contribution is 6.30. The zero-order valence-corrected chi connectivity index (χ0v) is 12.9. The van der Waals surface area contributed by atoms with Gasteiger partial charge in [0, 0.05) is 22.3 Å². The van der Waals surface area contributed by atoms with Crippen molar-refractivity contribution in [2.75, 3.05) is 13.0 Å². The number of halogens is 1. The maximum atomic E-state index is 8.13. The molecular formula is C19H19ClN2. The quantitative estimate of drug-likeness (QED) is 0.794. The van der Waals surface area contributed by atoms with Crippen LogP contribution in [0.4, 0.5) is 0 Å². The number of piperidine rings is 1. The fraction of sp³-hybridized carbons (Fsp3) is 0.316. The molecule has 2 aromatic rings. The standard InChI is InChI=1S/C19H19ClN2/c20-16-5-6-17-15(12-16)4-3-14-2-1-9-22-19(14)18(17)13-7-10-21-11-8-13/h1-2,5-6,9,12,21H,3-4,7-8,10-11H2/i10D2,11D2. The molecule has 0 spiro atoms. The lowest BCUT2D eigenvalue weighted by Crippen LogP contribution is -2.24. The molecule has 3 heteroatoms. The molecule has 1 aromatic heterocycles. The first-order valence-corrected chi connectivity index (χ1v) is 7.86. The van der Waals surface area contributed by atoms with Crippen molar-refractivity contribution in [3.05, 3.63) is 69.5 Å². The van der Waals surface area contributed by atoms with E-state index in [9.17, 15) is 0 Å². The summed E-state index contributed by atoms with van der Waals surface area (Å²) in [5, 5.41) is 3.13. The van der Waals surface area contributed by atoms with Crippen LogP contribution in [0.25, 0.3) is 5.57 Å². The van der Waals surface area contributed by atoms with Gasteiger partial charge in [-0.25, -0.2) is 0 Å². The summed E-state index contributed by atoms with van der Waals surface area (Å²) in [5.74, 6) is 0. The van der Waals surface area contributed by atoms with Crippen LogP contribution in [0.15, 0.2) is 42.1 Å². The van der Waals surface area contributed by atoms with Crippen molar-refractivity contribution in [1.82, 2.24) is 10.3 Å². The van der Waals surface area contributed by atoms with E-state index in [4.69, 9.17) is 17.1 Å². The van der Waals surface area contributed by atoms with Crippen LogP contribution in [-0.4, -0.2) is 18.0 Å². The first kappa shape index (κ1) is 10.2. The number of rotatable bonds is 0. The maximum Gasteiger partial charge on any atom is 0.0739 e. The van der Waals surface area contributed by atoms with E-state index in [0.717, 1.165) is 46.4 Å². The predicted molar refractivity (Wildman–Crippen MR) is 91.2 cm³/mol. The summed E-state index contributed by atoms with van der Waals surface area (Å²) in [6.07, 6.45) is 3.64. The van der Waals surface area contributed by atoms with E-state index < -0.39 is 13.0 Å². The maximum absolute atomic E-state index is 8.13. The van der Waals surface area contributed by atoms with Crippen LogP contribution < -0.4 is 5.32 Å². The third-order valence-corrected chi connectivity index (χ3v) is 4.50. The third-order valence-electron chi connectivity index (χ3n) is 4.26. The van der Waals surface area contributed by atoms with Gasteiger partial charge >= 0.3 is 0 Å². The van der Waals surface area contributed by atoms with Gasteiger partial charge in [-0.3, -0.25) is 4.98 Å². The van der Waals surface area contributed by atoms with Gasteiger partial charge in [0.25, 0.3) is 0 Å². The van der Waals surface area contributed by atoms with E-state index >= 15 is 0 Å². The molecular weight excluding hydrogens is 292 g/mol. The molecule has 0 atom stereocenters. The number of aryl methyl sites for hydroxylation is 2. The number of hydrogen-bond acceptors (Lipinski definition) is 2. The smallest absolute Gasteiger partial charge is 0.0739 e. The number of nitrogens with one attached hydrogen (secondary N) is 1. The Morgan fingerprint density at radius 3 is 2.73 bits per heavy atom. The molecule has 1 fully saturated rings. The summed E-state index contributed by atoms with van der Waals surface area (Å²) in [4.78, 5) is 4.60. The van der Waals surface area contributed by atoms with E-state index in [1.807, 2.05) is 30.3 Å². The molecule has 22 heavy (non-hydrogen) atoms. The monoisotopic (exact) mass is 314 g/mol. The topological polar surface area (TPSA) is 24.9 Å². The molecule has 1 aromatic carbocycles. The van der Waals surface area contributed by atoms with Crippen molar-refractivity contribution in [3.63, 3.8) is 0 Å². The molecule has 1 aliphatic heterocycles. The Bertz CT molecular complexity index is 890. The molecule has 0 bridgehead atoms. The Labute approximate surface area is 141 Å². The van der Waals surface area contributed by atoms with Gasteiger partial charge in [-0.05, 0) is 73.6 Å². The number of aromatic nitrogens is 1. The van der Waals surface area contributed by atoms with Crippen molar-refractivity contribution in [3.8, 4) is 0 Å². The first-order chi connectivity index (χ1) is 12.2. The largest absolute Gasteiger partial charge is 0.316 e. The second-order valence-electron chi connectivity index (χ2n) is 5.62. The van der Waals surface area contributed by atoms with Crippen LogP contribution in [0.1, 0.15) is 40.7 Å². The van der Waals surface area contributed by atoms with Gasteiger partial charge < -0.3 is 5.32 Å². The molecule has 2 aliphatic rings. The molecule has 1 saturated heterocycles. The van der Waals surface area contributed by atoms with Gasteiger partial charge in [0.2, 0.25) is 0 Å². The van der Waals surface area contributed by atoms with Gasteiger partial charge in [-0.15, -0.1) is 0 Å². The van der Waals surface area contributed by atoms with Crippen LogP contribution in [0.5, 0.6) is 0 Å². The van der Waals surface area contributed by atoms with Crippen molar-refractivity contribution in [2.24, 2.45) is 0 Å². The number of hydrogen-bond donors (Lipinski definition) is 1. The highest BCUT2D eigenvalue weighted by Gasteiger charge is 2.23. The normalized spacial score (nSPS) is 25.0. The van der Waals surface area contributed by atoms with Crippen LogP contribution in [0.2, 0.25) is 5.02 Å². The molecule has 0 radical (unpaired) electrons. The Kier molecular flexibility index (Phi) is 2.72. The molecule has 1 N–H and O–H groups in total. The van der Waals surface area contributed by atoms with Gasteiger partial charge in [-0.2, -0.15) is 0 Å². The molecule has 2 heterocycles. The Morgan fingerprint density at radius 2 is 1.86 bits per heavy atom. The first-order valence-electron chi connectivity index (χ1n) is 9.49. The number of pyridine rings is 1. The average Bonchev–Trinajstić information content (AvgIpc) is 2.68. The summed E-state index contributed by atoms with van der Waals surface area (Å²) in [7, 11) is 0. The van der Waals surface area contributed by atoms with Gasteiger partial charge in [0.15, 0.2) is 0 Å². The van der Waals surface area contributed by atoms with E-state index in [0.29, 0.717) is 5.02 Å². The van der Waals surface area contributed by atoms with Crippen molar-refractivity contribution in [1.29, 1.82) is 0 Å². The number of benzene rings is 1. The Hall–Kier alpha value is -1.64. The zero-order chi connectivity index (χ0) is 18.5. The SMILES string of the molecule is [2H]C1([2H])CC(=C2c3ccc(Cl)cc3CCc3cccnc32)CC([2H])([2H])N1. The molecule has 0 saturated carbocycles. The highest BCUT2D eigenvalue weighted by atomic mass is 35.5. The van der Waals surface area contributed by atoms with Crippen LogP contribution in [-0.2, 0) is 12.8 Å². The number of nitrogens with zero attached hydrogens (tertiary/aromatic N) is 1. The molecule has 1 aliphatic carbocycles. The van der Waals surface area contributed by atoms with Gasteiger partial charge in [0.1, 0.15) is 0 Å². The Morgan fingerprint density at radius 1 is 1.05 bits per heavy atom. The van der Waals surface area contributed by atoms with Crippen LogP contribution in [0, 0.1) is 0 Å². The van der Waals surface area contributed by atoms with E-state index in [1.54, 1.807) is 6.20 Å². The number of fused-ring (bicyclic) bond motifs is 2. The van der Waals surface area contributed by atoms with E-state index in [1.165, 1.54) is 0 Å². The lowest BCUT2D eigenvalue weighted by atomic mass is 9.89. The molecule has 4 rings (SSSR count). The predicted octanol–water partition coefficient (Wildman–Crippen LogP) is 4.02. The summed E-state index contributed by atoms with van der Waals surface area (Å²) in [6, 6.07) is 9.69. The second kappa shape index (κ2) is 5.86. The fourth-order valence-electron chi connectivity index (χ4n) is 3.24. The summed E-state index contributed by atoms with van der Waals surface area (Å²) in [6.45, 7) is -3.62. The van der Waals surface area contributed by atoms with Crippen molar-refractivity contribution >= 4 is 17.2 Å². The van der Waals surface area contributed by atoms with Gasteiger partial charge in [-0.1, -0.05) is 29.3 Å². The summed E-state index contributed by atoms with van der Waals surface area (Å²) >= 11 is 6.20. The minimum Gasteiger partial charge on any atom is -0.316 e. The molecule has 0 amide bonds. The van der Waals surface area contributed by atoms with Crippen LogP contribution in [0.3, 0.4) is 0 Å². The third kappa shape index (κ3) is 2.47. The van der Waals surface area contributed by atoms with Crippen LogP contribution >= 0.6 is 11.6 Å². The summed E-state index contributed by atoms with van der Waals surface area (Å²) < 4.78 is 32.5. The molecule has 112 valence electrons. The molecule has 2 nitrogen and oxygen atoms in total. The zero-order valence-electron chi connectivity index (χ0n) is 16.1. The fourth-order valence-corrected chi connectivity index (χ4v) is 3.43. The average molecular weight is 315 g/mol. The highest BCUT2D eigenvalue weighted by Crippen LogP contribution is 2.37. The lowest BCUT2D eigenvalue weighted by molar-refractivity contribution is 0.611. The minimum atomic E-state index is -1.81. The van der Waals surface area contributed by atoms with Gasteiger partial charge in [0.05, 0.1) is 5.69 Å². The van der Waals surface area contributed by atoms with Crippen molar-refractivity contribution < 1.29 is 5.48 Å². The van der Waals surface area contributed by atoms with E-state index in [2.05, 4.69) is 10.3 Å². The molecule has 0 unspecified atom stereocenters. The van der Waals surface area contributed by atoms with E-state index in [-0.39, 0.29) is 12.8 Å².